The minimum absolute atomic E-state index is 0.133. The van der Waals surface area contributed by atoms with Gasteiger partial charge in [-0.3, -0.25) is 14.2 Å². The third kappa shape index (κ3) is 2.57. The molecule has 26 heavy (non-hydrogen) atoms. The summed E-state index contributed by atoms with van der Waals surface area (Å²) in [4.78, 5) is 36.2. The topological polar surface area (TPSA) is 68.1 Å². The molecule has 0 radical (unpaired) electrons. The number of thiophene rings is 1. The van der Waals surface area contributed by atoms with Crippen molar-refractivity contribution in [1.82, 2.24) is 19.4 Å². The molecule has 0 saturated heterocycles. The number of carbonyl (C=O) groups excluding carboxylic acids is 1. The summed E-state index contributed by atoms with van der Waals surface area (Å²) in [6.07, 6.45) is 3.07. The number of benzene rings is 1. The third-order valence-electron chi connectivity index (χ3n) is 4.20. The first-order chi connectivity index (χ1) is 12.5. The Labute approximate surface area is 153 Å². The second kappa shape index (κ2) is 6.03. The third-order valence-corrected chi connectivity index (χ3v) is 5.29. The molecular formula is C19H16N4O2S. The fourth-order valence-corrected chi connectivity index (χ4v) is 3.79. The molecule has 4 aromatic rings. The Morgan fingerprint density at radius 3 is 2.58 bits per heavy atom. The maximum absolute atomic E-state index is 12.9. The summed E-state index contributed by atoms with van der Waals surface area (Å²) in [6.45, 7) is 2.00. The number of hydrogen-bond donors (Lipinski definition) is 0. The minimum atomic E-state index is -0.137. The van der Waals surface area contributed by atoms with Crippen molar-refractivity contribution in [2.45, 2.75) is 6.92 Å². The standard InChI is InChI=1S/C19H16N4O2S/c1-11-4-6-13(7-5-11)23-10-21-15-14-8-12(18(24)22(2)3)9-20-17(14)26-16(15)19(23)25/h4-10H,1-3H3. The van der Waals surface area contributed by atoms with Crippen LogP contribution in [-0.2, 0) is 0 Å². The number of nitrogens with zero attached hydrogens (tertiary/aromatic N) is 4. The van der Waals surface area contributed by atoms with E-state index in [-0.39, 0.29) is 11.5 Å². The zero-order valence-electron chi connectivity index (χ0n) is 14.6. The largest absolute Gasteiger partial charge is 0.345 e. The Balaban J connectivity index is 1.93. The van der Waals surface area contributed by atoms with Crippen LogP contribution in [0.2, 0.25) is 0 Å². The normalized spacial score (nSPS) is 11.2. The van der Waals surface area contributed by atoms with Crippen molar-refractivity contribution in [3.8, 4) is 5.69 Å². The monoisotopic (exact) mass is 364 g/mol. The van der Waals surface area contributed by atoms with Gasteiger partial charge in [-0.05, 0) is 25.1 Å². The van der Waals surface area contributed by atoms with Gasteiger partial charge in [0.1, 0.15) is 15.9 Å². The van der Waals surface area contributed by atoms with Crippen molar-refractivity contribution < 1.29 is 4.79 Å². The lowest BCUT2D eigenvalue weighted by Crippen LogP contribution is -2.21. The Kier molecular flexibility index (Phi) is 3.81. The molecule has 0 fully saturated rings. The molecule has 0 bridgehead atoms. The number of hydrogen-bond acceptors (Lipinski definition) is 5. The lowest BCUT2D eigenvalue weighted by molar-refractivity contribution is 0.0827. The van der Waals surface area contributed by atoms with E-state index in [0.717, 1.165) is 16.6 Å². The first-order valence-corrected chi connectivity index (χ1v) is 8.86. The maximum atomic E-state index is 12.9. The SMILES string of the molecule is Cc1ccc(-n2cnc3c(sc4ncc(C(=O)N(C)C)cc43)c2=O)cc1. The van der Waals surface area contributed by atoms with Gasteiger partial charge in [-0.25, -0.2) is 9.97 Å². The molecule has 0 aliphatic carbocycles. The first-order valence-electron chi connectivity index (χ1n) is 8.04. The maximum Gasteiger partial charge on any atom is 0.275 e. The summed E-state index contributed by atoms with van der Waals surface area (Å²) in [7, 11) is 3.38. The number of amides is 1. The van der Waals surface area contributed by atoms with Crippen molar-refractivity contribution in [2.24, 2.45) is 0 Å². The molecule has 0 aliphatic heterocycles. The molecule has 6 nitrogen and oxygen atoms in total. The number of rotatable bonds is 2. The molecule has 0 aliphatic rings. The van der Waals surface area contributed by atoms with Crippen LogP contribution < -0.4 is 5.56 Å². The van der Waals surface area contributed by atoms with Crippen LogP contribution in [0.1, 0.15) is 15.9 Å². The van der Waals surface area contributed by atoms with Gasteiger partial charge in [-0.1, -0.05) is 17.7 Å². The van der Waals surface area contributed by atoms with Gasteiger partial charge in [0, 0.05) is 25.7 Å². The molecule has 3 aromatic heterocycles. The van der Waals surface area contributed by atoms with Crippen LogP contribution in [0.3, 0.4) is 0 Å². The fraction of sp³-hybridized carbons (Fsp3) is 0.158. The van der Waals surface area contributed by atoms with Crippen molar-refractivity contribution in [3.05, 3.63) is 64.3 Å². The van der Waals surface area contributed by atoms with Crippen molar-refractivity contribution >= 4 is 37.7 Å². The highest BCUT2D eigenvalue weighted by Crippen LogP contribution is 2.29. The van der Waals surface area contributed by atoms with Crippen LogP contribution in [0.5, 0.6) is 0 Å². The summed E-state index contributed by atoms with van der Waals surface area (Å²) >= 11 is 1.30. The highest BCUT2D eigenvalue weighted by Gasteiger charge is 2.16. The van der Waals surface area contributed by atoms with Gasteiger partial charge in [0.25, 0.3) is 11.5 Å². The van der Waals surface area contributed by atoms with Crippen molar-refractivity contribution in [1.29, 1.82) is 0 Å². The number of aromatic nitrogens is 3. The molecule has 3 heterocycles. The van der Waals surface area contributed by atoms with Crippen LogP contribution in [0.4, 0.5) is 0 Å². The van der Waals surface area contributed by atoms with Crippen molar-refractivity contribution in [2.75, 3.05) is 14.1 Å². The molecule has 4 rings (SSSR count). The van der Waals surface area contributed by atoms with Crippen LogP contribution >= 0.6 is 11.3 Å². The van der Waals surface area contributed by atoms with Gasteiger partial charge >= 0.3 is 0 Å². The predicted octanol–water partition coefficient (Wildman–Crippen LogP) is 3.01. The molecule has 0 unspecified atom stereocenters. The van der Waals surface area contributed by atoms with E-state index in [0.29, 0.717) is 20.6 Å². The lowest BCUT2D eigenvalue weighted by Gasteiger charge is -2.09. The molecule has 1 aromatic carbocycles. The zero-order chi connectivity index (χ0) is 18.4. The Bertz CT molecular complexity index is 1210. The van der Waals surface area contributed by atoms with Gasteiger partial charge < -0.3 is 4.90 Å². The predicted molar refractivity (Wildman–Crippen MR) is 103 cm³/mol. The zero-order valence-corrected chi connectivity index (χ0v) is 15.4. The summed E-state index contributed by atoms with van der Waals surface area (Å²) in [5, 5.41) is 0.728. The van der Waals surface area contributed by atoms with E-state index in [2.05, 4.69) is 9.97 Å². The second-order valence-corrected chi connectivity index (χ2v) is 7.31. The van der Waals surface area contributed by atoms with Gasteiger partial charge in [0.2, 0.25) is 0 Å². The molecule has 0 saturated carbocycles. The number of aryl methyl sites for hydroxylation is 1. The van der Waals surface area contributed by atoms with Crippen molar-refractivity contribution in [3.63, 3.8) is 0 Å². The van der Waals surface area contributed by atoms with E-state index in [1.165, 1.54) is 27.1 Å². The van der Waals surface area contributed by atoms with Gasteiger partial charge in [0.05, 0.1) is 16.8 Å². The van der Waals surface area contributed by atoms with E-state index in [1.807, 2.05) is 31.2 Å². The molecule has 130 valence electrons. The number of carbonyl (C=O) groups is 1. The number of fused-ring (bicyclic) bond motifs is 3. The Morgan fingerprint density at radius 1 is 1.15 bits per heavy atom. The van der Waals surface area contributed by atoms with Crippen LogP contribution in [0.25, 0.3) is 26.1 Å². The average molecular weight is 364 g/mol. The van der Waals surface area contributed by atoms with E-state index < -0.39 is 0 Å². The summed E-state index contributed by atoms with van der Waals surface area (Å²) in [5.41, 5.74) is 2.82. The highest BCUT2D eigenvalue weighted by atomic mass is 32.1. The first kappa shape index (κ1) is 16.4. The van der Waals surface area contributed by atoms with Crippen LogP contribution in [-0.4, -0.2) is 39.4 Å². The highest BCUT2D eigenvalue weighted by molar-refractivity contribution is 7.25. The summed E-state index contributed by atoms with van der Waals surface area (Å²) < 4.78 is 2.06. The van der Waals surface area contributed by atoms with Gasteiger partial charge in [0.15, 0.2) is 0 Å². The van der Waals surface area contributed by atoms with E-state index in [9.17, 15) is 9.59 Å². The van der Waals surface area contributed by atoms with E-state index in [1.54, 1.807) is 26.4 Å². The molecule has 0 atom stereocenters. The van der Waals surface area contributed by atoms with Crippen LogP contribution in [0, 0.1) is 6.92 Å². The smallest absolute Gasteiger partial charge is 0.275 e. The van der Waals surface area contributed by atoms with E-state index in [4.69, 9.17) is 0 Å². The molecule has 0 spiro atoms. The Morgan fingerprint density at radius 2 is 1.88 bits per heavy atom. The molecule has 1 amide bonds. The van der Waals surface area contributed by atoms with E-state index >= 15 is 0 Å². The Hall–Kier alpha value is -3.06. The minimum Gasteiger partial charge on any atom is -0.345 e. The fourth-order valence-electron chi connectivity index (χ4n) is 2.79. The molecule has 7 heteroatoms. The molecular weight excluding hydrogens is 348 g/mol. The lowest BCUT2D eigenvalue weighted by atomic mass is 10.2. The second-order valence-electron chi connectivity index (χ2n) is 6.31. The van der Waals surface area contributed by atoms with Gasteiger partial charge in [-0.15, -0.1) is 11.3 Å². The number of pyridine rings is 1. The molecule has 0 N–H and O–H groups in total. The summed E-state index contributed by atoms with van der Waals surface area (Å²) in [6, 6.07) is 9.45. The average Bonchev–Trinajstić information content (AvgIpc) is 3.01. The summed E-state index contributed by atoms with van der Waals surface area (Å²) in [5.74, 6) is -0.133. The van der Waals surface area contributed by atoms with Crippen LogP contribution in [0.15, 0.2) is 47.7 Å². The quantitative estimate of drug-likeness (QED) is 0.548. The van der Waals surface area contributed by atoms with Gasteiger partial charge in [-0.2, -0.15) is 0 Å².